The lowest BCUT2D eigenvalue weighted by Crippen LogP contribution is -2.40. The van der Waals surface area contributed by atoms with Gasteiger partial charge >= 0.3 is 0 Å². The van der Waals surface area contributed by atoms with Gasteiger partial charge in [-0.2, -0.15) is 4.37 Å². The summed E-state index contributed by atoms with van der Waals surface area (Å²) in [6.07, 6.45) is -0.713. The number of anilines is 1. The van der Waals surface area contributed by atoms with Gasteiger partial charge in [-0.15, -0.1) is 0 Å². The average molecular weight is 341 g/mol. The van der Waals surface area contributed by atoms with Gasteiger partial charge in [-0.05, 0) is 49.1 Å². The van der Waals surface area contributed by atoms with Gasteiger partial charge in [-0.1, -0.05) is 12.1 Å². The Morgan fingerprint density at radius 2 is 2.08 bits per heavy atom. The number of pyridine rings is 1. The molecule has 3 heterocycles. The zero-order chi connectivity index (χ0) is 16.7. The Balaban J connectivity index is 1.57. The van der Waals surface area contributed by atoms with Gasteiger partial charge < -0.3 is 14.8 Å². The molecular weight excluding hydrogens is 326 g/mol. The lowest BCUT2D eigenvalue weighted by Gasteiger charge is -2.25. The van der Waals surface area contributed by atoms with Crippen LogP contribution in [0.2, 0.25) is 0 Å². The van der Waals surface area contributed by atoms with Crippen LogP contribution < -0.4 is 14.8 Å². The number of nitrogens with one attached hydrogen (secondary N) is 1. The van der Waals surface area contributed by atoms with Gasteiger partial charge in [0.2, 0.25) is 6.10 Å². The quantitative estimate of drug-likeness (QED) is 0.775. The largest absolute Gasteiger partial charge is 0.485 e. The number of amides is 1. The van der Waals surface area contributed by atoms with Crippen LogP contribution >= 0.6 is 11.5 Å². The summed E-state index contributed by atoms with van der Waals surface area (Å²) in [5, 5.41) is 3.71. The molecule has 0 aliphatic carbocycles. The molecule has 1 unspecified atom stereocenters. The molecule has 1 aromatic carbocycles. The maximum atomic E-state index is 12.5. The molecule has 1 aliphatic rings. The third kappa shape index (κ3) is 2.56. The van der Waals surface area contributed by atoms with Crippen molar-refractivity contribution in [3.05, 3.63) is 41.6 Å². The topological polar surface area (TPSA) is 73.3 Å². The van der Waals surface area contributed by atoms with E-state index >= 15 is 0 Å². The number of hydrogen-bond acceptors (Lipinski definition) is 6. The Hall–Kier alpha value is -2.67. The summed E-state index contributed by atoms with van der Waals surface area (Å²) >= 11 is 1.27. The van der Waals surface area contributed by atoms with Crippen molar-refractivity contribution in [3.8, 4) is 11.5 Å². The molecule has 4 rings (SSSR count). The van der Waals surface area contributed by atoms with E-state index in [2.05, 4.69) is 14.7 Å². The monoisotopic (exact) mass is 341 g/mol. The highest BCUT2D eigenvalue weighted by Crippen LogP contribution is 2.32. The van der Waals surface area contributed by atoms with E-state index in [0.29, 0.717) is 17.3 Å². The first kappa shape index (κ1) is 14.9. The van der Waals surface area contributed by atoms with Crippen molar-refractivity contribution in [2.24, 2.45) is 0 Å². The third-order valence-corrected chi connectivity index (χ3v) is 4.56. The van der Waals surface area contributed by atoms with Gasteiger partial charge in [-0.25, -0.2) is 4.98 Å². The Bertz CT molecular complexity index is 938. The van der Waals surface area contributed by atoms with E-state index < -0.39 is 6.10 Å². The first-order valence-corrected chi connectivity index (χ1v) is 8.32. The van der Waals surface area contributed by atoms with E-state index in [9.17, 15) is 4.79 Å². The molecule has 2 aromatic heterocycles. The fraction of sp³-hybridized carbons (Fsp3) is 0.235. The molecule has 0 radical (unpaired) electrons. The van der Waals surface area contributed by atoms with Crippen molar-refractivity contribution >= 4 is 33.5 Å². The van der Waals surface area contributed by atoms with E-state index in [1.165, 1.54) is 11.5 Å². The van der Waals surface area contributed by atoms with Crippen LogP contribution in [-0.2, 0) is 4.79 Å². The van der Waals surface area contributed by atoms with Crippen LogP contribution in [0.1, 0.15) is 11.3 Å². The van der Waals surface area contributed by atoms with Gasteiger partial charge in [0.25, 0.3) is 5.91 Å². The number of carbonyl (C=O) groups excluding carboxylic acids is 1. The number of nitrogens with zero attached hydrogens (tertiary/aromatic N) is 2. The summed E-state index contributed by atoms with van der Waals surface area (Å²) in [6, 6.07) is 9.27. The van der Waals surface area contributed by atoms with Gasteiger partial charge in [0, 0.05) is 5.69 Å². The van der Waals surface area contributed by atoms with Crippen molar-refractivity contribution in [3.63, 3.8) is 0 Å². The number of hydrogen-bond donors (Lipinski definition) is 1. The molecule has 0 saturated heterocycles. The molecule has 0 spiro atoms. The summed E-state index contributed by atoms with van der Waals surface area (Å²) in [6.45, 7) is 4.09. The number of ether oxygens (including phenoxy) is 2. The van der Waals surface area contributed by atoms with Crippen LogP contribution in [0, 0.1) is 13.8 Å². The Morgan fingerprint density at radius 3 is 2.92 bits per heavy atom. The molecule has 1 atom stereocenters. The summed E-state index contributed by atoms with van der Waals surface area (Å²) in [5.41, 5.74) is 1.97. The number of aromatic nitrogens is 2. The van der Waals surface area contributed by atoms with E-state index in [1.807, 2.05) is 38.1 Å². The van der Waals surface area contributed by atoms with E-state index in [1.54, 1.807) is 6.07 Å². The fourth-order valence-corrected chi connectivity index (χ4v) is 3.57. The molecule has 1 N–H and O–H groups in total. The maximum Gasteiger partial charge on any atom is 0.270 e. The van der Waals surface area contributed by atoms with Crippen LogP contribution in [0.4, 0.5) is 5.82 Å². The minimum Gasteiger partial charge on any atom is -0.485 e. The number of para-hydroxylation sites is 2. The summed E-state index contributed by atoms with van der Waals surface area (Å²) in [5.74, 6) is 1.46. The second-order valence-corrected chi connectivity index (χ2v) is 6.40. The van der Waals surface area contributed by atoms with Crippen molar-refractivity contribution < 1.29 is 14.3 Å². The van der Waals surface area contributed by atoms with Gasteiger partial charge in [-0.3, -0.25) is 4.79 Å². The molecule has 0 fully saturated rings. The van der Waals surface area contributed by atoms with Gasteiger partial charge in [0.1, 0.15) is 11.4 Å². The standard InChI is InChI=1S/C17H15N3O3S/c1-9-7-10(2)18-17-14(9)15(20-24-17)19-16(21)13-8-22-11-5-3-4-6-12(11)23-13/h3-7,13H,8H2,1-2H3,(H,19,20,21). The van der Waals surface area contributed by atoms with Crippen LogP contribution in [0.5, 0.6) is 11.5 Å². The first-order valence-electron chi connectivity index (χ1n) is 7.55. The molecular formula is C17H15N3O3S. The number of fused-ring (bicyclic) bond motifs is 2. The summed E-state index contributed by atoms with van der Waals surface area (Å²) in [7, 11) is 0. The Morgan fingerprint density at radius 1 is 1.29 bits per heavy atom. The minimum atomic E-state index is -0.713. The van der Waals surface area contributed by atoms with Crippen LogP contribution in [0.15, 0.2) is 30.3 Å². The Kier molecular flexibility index (Phi) is 3.57. The van der Waals surface area contributed by atoms with E-state index in [-0.39, 0.29) is 12.5 Å². The average Bonchev–Trinajstić information content (AvgIpc) is 2.97. The second kappa shape index (κ2) is 5.76. The minimum absolute atomic E-state index is 0.168. The number of aryl methyl sites for hydroxylation is 2. The smallest absolute Gasteiger partial charge is 0.270 e. The third-order valence-electron chi connectivity index (χ3n) is 3.81. The number of benzene rings is 1. The normalized spacial score (nSPS) is 16.2. The van der Waals surface area contributed by atoms with Gasteiger partial charge in [0.15, 0.2) is 17.3 Å². The molecule has 1 aliphatic heterocycles. The number of carbonyl (C=O) groups is 1. The molecule has 1 amide bonds. The highest BCUT2D eigenvalue weighted by molar-refractivity contribution is 7.13. The maximum absolute atomic E-state index is 12.5. The molecule has 7 heteroatoms. The predicted octanol–water partition coefficient (Wildman–Crippen LogP) is 3.09. The summed E-state index contributed by atoms with van der Waals surface area (Å²) in [4.78, 5) is 17.8. The fourth-order valence-electron chi connectivity index (χ4n) is 2.72. The SMILES string of the molecule is Cc1cc(C)c2c(NC(=O)C3COc4ccccc4O3)nsc2n1. The van der Waals surface area contributed by atoms with Crippen LogP contribution in [0.25, 0.3) is 10.2 Å². The second-order valence-electron chi connectivity index (χ2n) is 5.65. The highest BCUT2D eigenvalue weighted by Gasteiger charge is 2.28. The first-order chi connectivity index (χ1) is 11.6. The number of rotatable bonds is 2. The molecule has 3 aromatic rings. The van der Waals surface area contributed by atoms with Crippen molar-refractivity contribution in [2.45, 2.75) is 20.0 Å². The van der Waals surface area contributed by atoms with Crippen LogP contribution in [-0.4, -0.2) is 28.0 Å². The zero-order valence-electron chi connectivity index (χ0n) is 13.2. The molecule has 0 bridgehead atoms. The lowest BCUT2D eigenvalue weighted by molar-refractivity contribution is -0.125. The zero-order valence-corrected chi connectivity index (χ0v) is 14.0. The summed E-state index contributed by atoms with van der Waals surface area (Å²) < 4.78 is 15.6. The molecule has 24 heavy (non-hydrogen) atoms. The van der Waals surface area contributed by atoms with Crippen molar-refractivity contribution in [1.82, 2.24) is 9.36 Å². The molecule has 6 nitrogen and oxygen atoms in total. The Labute approximate surface area is 142 Å². The van der Waals surface area contributed by atoms with E-state index in [0.717, 1.165) is 21.5 Å². The van der Waals surface area contributed by atoms with Crippen molar-refractivity contribution in [1.29, 1.82) is 0 Å². The molecule has 122 valence electrons. The van der Waals surface area contributed by atoms with Crippen molar-refractivity contribution in [2.75, 3.05) is 11.9 Å². The van der Waals surface area contributed by atoms with Gasteiger partial charge in [0.05, 0.1) is 5.39 Å². The molecule has 0 saturated carbocycles. The predicted molar refractivity (Wildman–Crippen MR) is 91.9 cm³/mol. The lowest BCUT2D eigenvalue weighted by atomic mass is 10.2. The highest BCUT2D eigenvalue weighted by atomic mass is 32.1. The van der Waals surface area contributed by atoms with Crippen LogP contribution in [0.3, 0.4) is 0 Å². The van der Waals surface area contributed by atoms with E-state index in [4.69, 9.17) is 9.47 Å².